The summed E-state index contributed by atoms with van der Waals surface area (Å²) in [6.07, 6.45) is 1.35. The molecule has 0 spiro atoms. The van der Waals surface area contributed by atoms with Gasteiger partial charge in [0.05, 0.1) is 11.3 Å². The zero-order valence-corrected chi connectivity index (χ0v) is 15.5. The summed E-state index contributed by atoms with van der Waals surface area (Å²) in [4.78, 5) is 30.7. The van der Waals surface area contributed by atoms with E-state index in [0.29, 0.717) is 35.3 Å². The predicted octanol–water partition coefficient (Wildman–Crippen LogP) is 2.83. The number of nitriles is 1. The Labute approximate surface area is 158 Å². The van der Waals surface area contributed by atoms with Crippen molar-refractivity contribution in [2.24, 2.45) is 5.73 Å². The van der Waals surface area contributed by atoms with Crippen molar-refractivity contribution in [3.05, 3.63) is 53.2 Å². The number of carbonyl (C=O) groups is 2. The topological polar surface area (TPSA) is 100 Å². The summed E-state index contributed by atoms with van der Waals surface area (Å²) < 4.78 is 0. The molecule has 2 heterocycles. The molecule has 0 radical (unpaired) electrons. The number of rotatable bonds is 4. The molecule has 2 N–H and O–H groups in total. The molecular weight excluding hydrogens is 340 g/mol. The maximum absolute atomic E-state index is 12.9. The minimum Gasteiger partial charge on any atom is -0.368 e. The highest BCUT2D eigenvalue weighted by Gasteiger charge is 2.33. The van der Waals surface area contributed by atoms with Crippen molar-refractivity contribution in [3.8, 4) is 17.3 Å². The summed E-state index contributed by atoms with van der Waals surface area (Å²) in [7, 11) is 0. The van der Waals surface area contributed by atoms with E-state index in [0.717, 1.165) is 12.1 Å². The highest BCUT2D eigenvalue weighted by Crippen LogP contribution is 2.26. The van der Waals surface area contributed by atoms with Crippen LogP contribution in [0.25, 0.3) is 11.3 Å². The van der Waals surface area contributed by atoms with Crippen molar-refractivity contribution in [3.63, 3.8) is 0 Å². The minimum absolute atomic E-state index is 0.224. The van der Waals surface area contributed by atoms with Crippen LogP contribution in [0, 0.1) is 11.3 Å². The van der Waals surface area contributed by atoms with Crippen LogP contribution in [0.5, 0.6) is 0 Å². The molecule has 6 heteroatoms. The van der Waals surface area contributed by atoms with Gasteiger partial charge in [0.1, 0.15) is 12.1 Å². The van der Waals surface area contributed by atoms with Crippen LogP contribution >= 0.6 is 0 Å². The standard InChI is InChI=1S/C21H22N4O2/c1-13(2)17-9-8-16(12-22)19(24-17)14-5-3-6-15(11-14)21(27)25-10-4-7-18(25)20(23)26/h3,5-6,8-9,11,13,18H,4,7,10H2,1-2H3,(H2,23,26)/t18-/m0/s1. The first-order chi connectivity index (χ1) is 12.9. The second kappa shape index (κ2) is 7.58. The maximum atomic E-state index is 12.9. The van der Waals surface area contributed by atoms with E-state index in [1.807, 2.05) is 26.0 Å². The zero-order chi connectivity index (χ0) is 19.6. The Balaban J connectivity index is 1.99. The zero-order valence-electron chi connectivity index (χ0n) is 15.5. The van der Waals surface area contributed by atoms with Crippen LogP contribution in [-0.4, -0.2) is 34.3 Å². The van der Waals surface area contributed by atoms with Gasteiger partial charge in [-0.05, 0) is 43.0 Å². The Morgan fingerprint density at radius 3 is 2.74 bits per heavy atom. The van der Waals surface area contributed by atoms with Gasteiger partial charge in [-0.15, -0.1) is 0 Å². The van der Waals surface area contributed by atoms with E-state index >= 15 is 0 Å². The summed E-state index contributed by atoms with van der Waals surface area (Å²) in [5.41, 5.74) is 8.50. The van der Waals surface area contributed by atoms with E-state index in [4.69, 9.17) is 5.73 Å². The number of benzene rings is 1. The van der Waals surface area contributed by atoms with E-state index in [1.165, 1.54) is 4.90 Å². The fourth-order valence-electron chi connectivity index (χ4n) is 3.38. The second-order valence-electron chi connectivity index (χ2n) is 7.04. The molecule has 138 valence electrons. The molecule has 27 heavy (non-hydrogen) atoms. The van der Waals surface area contributed by atoms with Crippen LogP contribution in [0.4, 0.5) is 0 Å². The summed E-state index contributed by atoms with van der Waals surface area (Å²) in [5, 5.41) is 9.44. The smallest absolute Gasteiger partial charge is 0.254 e. The van der Waals surface area contributed by atoms with E-state index in [2.05, 4.69) is 11.1 Å². The summed E-state index contributed by atoms with van der Waals surface area (Å²) >= 11 is 0. The Kier molecular flexibility index (Phi) is 5.22. The molecule has 2 aromatic rings. The lowest BCUT2D eigenvalue weighted by atomic mass is 10.0. The maximum Gasteiger partial charge on any atom is 0.254 e. The monoisotopic (exact) mass is 362 g/mol. The molecule has 3 rings (SSSR count). The van der Waals surface area contributed by atoms with E-state index < -0.39 is 11.9 Å². The summed E-state index contributed by atoms with van der Waals surface area (Å²) in [5.74, 6) is -0.478. The number of primary amides is 1. The first-order valence-corrected chi connectivity index (χ1v) is 9.04. The molecule has 0 aliphatic carbocycles. The summed E-state index contributed by atoms with van der Waals surface area (Å²) in [6.45, 7) is 4.59. The van der Waals surface area contributed by atoms with Gasteiger partial charge in [0.2, 0.25) is 5.91 Å². The summed E-state index contributed by atoms with van der Waals surface area (Å²) in [6, 6.07) is 12.3. The SMILES string of the molecule is CC(C)c1ccc(C#N)c(-c2cccc(C(=O)N3CCC[C@H]3C(N)=O)c2)n1. The van der Waals surface area contributed by atoms with Gasteiger partial charge in [0.15, 0.2) is 0 Å². The number of carbonyl (C=O) groups excluding carboxylic acids is 2. The Bertz CT molecular complexity index is 930. The molecule has 1 saturated heterocycles. The van der Waals surface area contributed by atoms with Gasteiger partial charge < -0.3 is 10.6 Å². The van der Waals surface area contributed by atoms with Crippen molar-refractivity contribution in [2.75, 3.05) is 6.54 Å². The third kappa shape index (κ3) is 3.68. The van der Waals surface area contributed by atoms with Crippen LogP contribution in [0.2, 0.25) is 0 Å². The van der Waals surface area contributed by atoms with Crippen molar-refractivity contribution in [2.45, 2.75) is 38.6 Å². The van der Waals surface area contributed by atoms with Gasteiger partial charge >= 0.3 is 0 Å². The van der Waals surface area contributed by atoms with Gasteiger partial charge in [-0.25, -0.2) is 0 Å². The average molecular weight is 362 g/mol. The number of amides is 2. The largest absolute Gasteiger partial charge is 0.368 e. The lowest BCUT2D eigenvalue weighted by molar-refractivity contribution is -0.121. The number of hydrogen-bond acceptors (Lipinski definition) is 4. The third-order valence-electron chi connectivity index (χ3n) is 4.85. The molecular formula is C21H22N4O2. The number of aromatic nitrogens is 1. The minimum atomic E-state index is -0.557. The molecule has 0 unspecified atom stereocenters. The number of likely N-dealkylation sites (tertiary alicyclic amines) is 1. The van der Waals surface area contributed by atoms with Crippen molar-refractivity contribution < 1.29 is 9.59 Å². The molecule has 0 bridgehead atoms. The van der Waals surface area contributed by atoms with Crippen LogP contribution in [0.1, 0.15) is 54.2 Å². The van der Waals surface area contributed by atoms with Gasteiger partial charge in [-0.3, -0.25) is 14.6 Å². The van der Waals surface area contributed by atoms with E-state index in [9.17, 15) is 14.9 Å². The lowest BCUT2D eigenvalue weighted by Gasteiger charge is -2.22. The Morgan fingerprint density at radius 2 is 2.07 bits per heavy atom. The van der Waals surface area contributed by atoms with Crippen molar-refractivity contribution >= 4 is 11.8 Å². The van der Waals surface area contributed by atoms with Crippen LogP contribution in [0.3, 0.4) is 0 Å². The van der Waals surface area contributed by atoms with Crippen LogP contribution < -0.4 is 5.73 Å². The van der Waals surface area contributed by atoms with Gasteiger partial charge in [0, 0.05) is 23.4 Å². The molecule has 2 amide bonds. The molecule has 1 atom stereocenters. The number of nitrogens with zero attached hydrogens (tertiary/aromatic N) is 3. The average Bonchev–Trinajstić information content (AvgIpc) is 3.17. The highest BCUT2D eigenvalue weighted by molar-refractivity contribution is 5.98. The van der Waals surface area contributed by atoms with Crippen molar-refractivity contribution in [1.29, 1.82) is 5.26 Å². The molecule has 1 aromatic heterocycles. The fraction of sp³-hybridized carbons (Fsp3) is 0.333. The quantitative estimate of drug-likeness (QED) is 0.904. The van der Waals surface area contributed by atoms with Crippen LogP contribution in [0.15, 0.2) is 36.4 Å². The number of hydrogen-bond donors (Lipinski definition) is 1. The van der Waals surface area contributed by atoms with Crippen molar-refractivity contribution in [1.82, 2.24) is 9.88 Å². The lowest BCUT2D eigenvalue weighted by Crippen LogP contribution is -2.43. The second-order valence-corrected chi connectivity index (χ2v) is 7.04. The van der Waals surface area contributed by atoms with Gasteiger partial charge in [-0.2, -0.15) is 5.26 Å². The molecule has 6 nitrogen and oxygen atoms in total. The molecule has 1 aliphatic heterocycles. The normalized spacial score (nSPS) is 16.4. The molecule has 1 aromatic carbocycles. The first kappa shape index (κ1) is 18.6. The highest BCUT2D eigenvalue weighted by atomic mass is 16.2. The van der Waals surface area contributed by atoms with Gasteiger partial charge in [-0.1, -0.05) is 26.0 Å². The molecule has 1 aliphatic rings. The Hall–Kier alpha value is -3.20. The molecule has 0 saturated carbocycles. The molecule has 1 fully saturated rings. The fourth-order valence-corrected chi connectivity index (χ4v) is 3.38. The number of pyridine rings is 1. The van der Waals surface area contributed by atoms with E-state index in [1.54, 1.807) is 24.3 Å². The third-order valence-corrected chi connectivity index (χ3v) is 4.85. The predicted molar refractivity (Wildman–Crippen MR) is 102 cm³/mol. The Morgan fingerprint density at radius 1 is 1.30 bits per heavy atom. The first-order valence-electron chi connectivity index (χ1n) is 9.04. The van der Waals surface area contributed by atoms with Gasteiger partial charge in [0.25, 0.3) is 5.91 Å². The van der Waals surface area contributed by atoms with E-state index in [-0.39, 0.29) is 11.8 Å². The van der Waals surface area contributed by atoms with Crippen LogP contribution in [-0.2, 0) is 4.79 Å². The number of nitrogens with two attached hydrogens (primary N) is 1.